The second-order valence-corrected chi connectivity index (χ2v) is 6.24. The lowest BCUT2D eigenvalue weighted by atomic mass is 10.1. The lowest BCUT2D eigenvalue weighted by Crippen LogP contribution is -2.25. The highest BCUT2D eigenvalue weighted by Gasteiger charge is 2.16. The number of carbonyl (C=O) groups is 2. The SMILES string of the molecule is COc1ccc(C(=O)Oc2cccc(/C=N\NC(=O)[C@@H](O)c3ccccc3)c2)cc1. The fourth-order valence-electron chi connectivity index (χ4n) is 2.57. The molecule has 0 unspecified atom stereocenters. The second kappa shape index (κ2) is 9.99. The number of methoxy groups -OCH3 is 1. The maximum atomic E-state index is 12.3. The van der Waals surface area contributed by atoms with Crippen molar-refractivity contribution >= 4 is 18.1 Å². The molecular weight excluding hydrogens is 384 g/mol. The van der Waals surface area contributed by atoms with Crippen LogP contribution < -0.4 is 14.9 Å². The van der Waals surface area contributed by atoms with Crippen molar-refractivity contribution in [2.45, 2.75) is 6.10 Å². The lowest BCUT2D eigenvalue weighted by molar-refractivity contribution is -0.129. The van der Waals surface area contributed by atoms with E-state index in [9.17, 15) is 14.7 Å². The monoisotopic (exact) mass is 404 g/mol. The summed E-state index contributed by atoms with van der Waals surface area (Å²) < 4.78 is 10.4. The Bertz CT molecular complexity index is 1030. The molecule has 0 aliphatic carbocycles. The quantitative estimate of drug-likeness (QED) is 0.273. The Kier molecular flexibility index (Phi) is 6.91. The summed E-state index contributed by atoms with van der Waals surface area (Å²) in [5.41, 5.74) is 3.74. The van der Waals surface area contributed by atoms with E-state index in [2.05, 4.69) is 10.5 Å². The van der Waals surface area contributed by atoms with Crippen LogP contribution in [-0.2, 0) is 4.79 Å². The fourth-order valence-corrected chi connectivity index (χ4v) is 2.57. The minimum atomic E-state index is -1.32. The van der Waals surface area contributed by atoms with Gasteiger partial charge in [0.15, 0.2) is 6.10 Å². The highest BCUT2D eigenvalue weighted by atomic mass is 16.5. The first-order chi connectivity index (χ1) is 14.6. The van der Waals surface area contributed by atoms with Gasteiger partial charge in [-0.05, 0) is 47.5 Å². The zero-order valence-electron chi connectivity index (χ0n) is 16.2. The zero-order valence-corrected chi connectivity index (χ0v) is 16.2. The molecule has 2 N–H and O–H groups in total. The molecule has 7 nitrogen and oxygen atoms in total. The minimum absolute atomic E-state index is 0.329. The maximum Gasteiger partial charge on any atom is 0.343 e. The van der Waals surface area contributed by atoms with Gasteiger partial charge in [0.25, 0.3) is 5.91 Å². The first-order valence-electron chi connectivity index (χ1n) is 9.09. The summed E-state index contributed by atoms with van der Waals surface area (Å²) in [6.07, 6.45) is 0.0699. The molecule has 0 aliphatic rings. The molecule has 30 heavy (non-hydrogen) atoms. The Morgan fingerprint density at radius 1 is 0.967 bits per heavy atom. The molecule has 0 fully saturated rings. The molecule has 3 aromatic rings. The van der Waals surface area contributed by atoms with Gasteiger partial charge in [-0.2, -0.15) is 5.10 Å². The standard InChI is InChI=1S/C23H20N2O5/c1-29-19-12-10-18(11-13-19)23(28)30-20-9-5-6-16(14-20)15-24-25-22(27)21(26)17-7-3-2-4-8-17/h2-15,21,26H,1H3,(H,25,27)/b24-15-/t21-/m0/s1. The summed E-state index contributed by atoms with van der Waals surface area (Å²) in [6.45, 7) is 0. The van der Waals surface area contributed by atoms with Gasteiger partial charge in [0.2, 0.25) is 0 Å². The van der Waals surface area contributed by atoms with Crippen molar-refractivity contribution in [2.75, 3.05) is 7.11 Å². The zero-order chi connectivity index (χ0) is 21.3. The van der Waals surface area contributed by atoms with Crippen molar-refractivity contribution in [3.63, 3.8) is 0 Å². The van der Waals surface area contributed by atoms with Gasteiger partial charge in [-0.3, -0.25) is 4.79 Å². The predicted octanol–water partition coefficient (Wildman–Crippen LogP) is 3.10. The van der Waals surface area contributed by atoms with Gasteiger partial charge in [0, 0.05) is 0 Å². The highest BCUT2D eigenvalue weighted by Crippen LogP contribution is 2.17. The third-order valence-electron chi connectivity index (χ3n) is 4.15. The summed E-state index contributed by atoms with van der Waals surface area (Å²) in [5.74, 6) is -0.190. The number of hydrogen-bond acceptors (Lipinski definition) is 6. The summed E-state index contributed by atoms with van der Waals surface area (Å²) in [4.78, 5) is 24.3. The van der Waals surface area contributed by atoms with E-state index in [1.165, 1.54) is 6.21 Å². The van der Waals surface area contributed by atoms with Crippen LogP contribution in [0.5, 0.6) is 11.5 Å². The first kappa shape index (κ1) is 20.8. The number of esters is 1. The third kappa shape index (κ3) is 5.52. The summed E-state index contributed by atoms with van der Waals surface area (Å²) in [7, 11) is 1.55. The molecule has 0 spiro atoms. The van der Waals surface area contributed by atoms with Crippen LogP contribution in [0.15, 0.2) is 84.0 Å². The molecule has 0 aliphatic heterocycles. The van der Waals surface area contributed by atoms with Crippen LogP contribution in [0.1, 0.15) is 27.6 Å². The van der Waals surface area contributed by atoms with Gasteiger partial charge in [-0.1, -0.05) is 42.5 Å². The maximum absolute atomic E-state index is 12.3. The molecule has 0 saturated carbocycles. The first-order valence-corrected chi connectivity index (χ1v) is 9.09. The van der Waals surface area contributed by atoms with Crippen LogP contribution in [0, 0.1) is 0 Å². The molecule has 1 atom stereocenters. The van der Waals surface area contributed by atoms with Crippen LogP contribution in [0.2, 0.25) is 0 Å². The molecule has 0 heterocycles. The molecule has 7 heteroatoms. The Morgan fingerprint density at radius 3 is 2.40 bits per heavy atom. The Labute approximate surface area is 173 Å². The van der Waals surface area contributed by atoms with Gasteiger partial charge in [0.1, 0.15) is 11.5 Å². The van der Waals surface area contributed by atoms with Crippen molar-refractivity contribution in [2.24, 2.45) is 5.10 Å². The number of hydrogen-bond donors (Lipinski definition) is 2. The van der Waals surface area contributed by atoms with Crippen LogP contribution in [0.3, 0.4) is 0 Å². The molecule has 0 bridgehead atoms. The highest BCUT2D eigenvalue weighted by molar-refractivity contribution is 5.91. The van der Waals surface area contributed by atoms with Crippen molar-refractivity contribution in [3.8, 4) is 11.5 Å². The predicted molar refractivity (Wildman–Crippen MR) is 112 cm³/mol. The van der Waals surface area contributed by atoms with Crippen molar-refractivity contribution in [3.05, 3.63) is 95.6 Å². The normalized spacial score (nSPS) is 11.7. The van der Waals surface area contributed by atoms with E-state index in [4.69, 9.17) is 9.47 Å². The number of hydrazone groups is 1. The van der Waals surface area contributed by atoms with Crippen LogP contribution >= 0.6 is 0 Å². The number of amides is 1. The van der Waals surface area contributed by atoms with E-state index in [0.29, 0.717) is 28.2 Å². The number of nitrogens with one attached hydrogen (secondary N) is 1. The fraction of sp³-hybridized carbons (Fsp3) is 0.0870. The molecule has 152 valence electrons. The Morgan fingerprint density at radius 2 is 1.70 bits per heavy atom. The molecular formula is C23H20N2O5. The van der Waals surface area contributed by atoms with Crippen LogP contribution in [0.4, 0.5) is 0 Å². The van der Waals surface area contributed by atoms with Crippen molar-refractivity contribution in [1.29, 1.82) is 0 Å². The molecule has 1 amide bonds. The molecule has 3 aromatic carbocycles. The van der Waals surface area contributed by atoms with E-state index in [-0.39, 0.29) is 0 Å². The largest absolute Gasteiger partial charge is 0.497 e. The second-order valence-electron chi connectivity index (χ2n) is 6.24. The molecule has 3 rings (SSSR count). The number of aliphatic hydroxyl groups is 1. The number of nitrogens with zero attached hydrogens (tertiary/aromatic N) is 1. The van der Waals surface area contributed by atoms with Gasteiger partial charge >= 0.3 is 5.97 Å². The van der Waals surface area contributed by atoms with E-state index >= 15 is 0 Å². The van der Waals surface area contributed by atoms with E-state index < -0.39 is 18.0 Å². The van der Waals surface area contributed by atoms with Gasteiger partial charge in [-0.15, -0.1) is 0 Å². The smallest absolute Gasteiger partial charge is 0.343 e. The summed E-state index contributed by atoms with van der Waals surface area (Å²) >= 11 is 0. The van der Waals surface area contributed by atoms with Crippen molar-refractivity contribution in [1.82, 2.24) is 5.43 Å². The topological polar surface area (TPSA) is 97.2 Å². The number of aliphatic hydroxyl groups excluding tert-OH is 1. The number of ether oxygens (including phenoxy) is 2. The van der Waals surface area contributed by atoms with Gasteiger partial charge < -0.3 is 14.6 Å². The number of rotatable bonds is 7. The van der Waals surface area contributed by atoms with Crippen molar-refractivity contribution < 1.29 is 24.2 Å². The average molecular weight is 404 g/mol. The summed E-state index contributed by atoms with van der Waals surface area (Å²) in [6, 6.07) is 21.8. The van der Waals surface area contributed by atoms with Gasteiger partial charge in [-0.25, -0.2) is 10.2 Å². The third-order valence-corrected chi connectivity index (χ3v) is 4.15. The van der Waals surface area contributed by atoms with Crippen LogP contribution in [0.25, 0.3) is 0 Å². The summed E-state index contributed by atoms with van der Waals surface area (Å²) in [5, 5.41) is 13.9. The molecule has 0 saturated heterocycles. The van der Waals surface area contributed by atoms with E-state index in [0.717, 1.165) is 0 Å². The Hall–Kier alpha value is -3.97. The number of benzene rings is 3. The average Bonchev–Trinajstić information content (AvgIpc) is 2.79. The minimum Gasteiger partial charge on any atom is -0.497 e. The Balaban J connectivity index is 1.59. The molecule has 0 aromatic heterocycles. The van der Waals surface area contributed by atoms with E-state index in [1.807, 2.05) is 0 Å². The van der Waals surface area contributed by atoms with Crippen LogP contribution in [-0.4, -0.2) is 30.3 Å². The van der Waals surface area contributed by atoms with Gasteiger partial charge in [0.05, 0.1) is 18.9 Å². The number of carbonyl (C=O) groups excluding carboxylic acids is 2. The molecule has 0 radical (unpaired) electrons. The van der Waals surface area contributed by atoms with E-state index in [1.54, 1.807) is 86.0 Å². The lowest BCUT2D eigenvalue weighted by Gasteiger charge is -2.08.